The van der Waals surface area contributed by atoms with Crippen LogP contribution in [0, 0.1) is 23.0 Å². The first kappa shape index (κ1) is 13.3. The molecule has 0 fully saturated rings. The van der Waals surface area contributed by atoms with Gasteiger partial charge in [0.05, 0.1) is 11.3 Å². The smallest absolute Gasteiger partial charge is 0.129 e. The predicted octanol–water partition coefficient (Wildman–Crippen LogP) is 4.10. The van der Waals surface area contributed by atoms with E-state index in [4.69, 9.17) is 16.9 Å². The summed E-state index contributed by atoms with van der Waals surface area (Å²) in [6.07, 6.45) is 0. The average molecular weight is 279 g/mol. The molecule has 5 heteroatoms. The second-order valence-corrected chi connectivity index (χ2v) is 4.26. The zero-order valence-corrected chi connectivity index (χ0v) is 10.5. The fourth-order valence-electron chi connectivity index (χ4n) is 1.65. The number of anilines is 1. The first-order valence-corrected chi connectivity index (χ1v) is 5.86. The van der Waals surface area contributed by atoms with E-state index >= 15 is 0 Å². The molecule has 0 aromatic heterocycles. The van der Waals surface area contributed by atoms with E-state index in [1.54, 1.807) is 6.07 Å². The maximum atomic E-state index is 13.6. The lowest BCUT2D eigenvalue weighted by Gasteiger charge is -2.10. The maximum Gasteiger partial charge on any atom is 0.129 e. The number of nitrogens with one attached hydrogen (secondary N) is 1. The third-order valence-corrected chi connectivity index (χ3v) is 2.97. The Morgan fingerprint density at radius 1 is 1.21 bits per heavy atom. The lowest BCUT2D eigenvalue weighted by atomic mass is 10.1. The zero-order chi connectivity index (χ0) is 13.8. The van der Waals surface area contributed by atoms with Gasteiger partial charge < -0.3 is 5.32 Å². The quantitative estimate of drug-likeness (QED) is 0.917. The minimum absolute atomic E-state index is 0.117. The van der Waals surface area contributed by atoms with Crippen LogP contribution in [0.1, 0.15) is 11.1 Å². The Kier molecular flexibility index (Phi) is 3.98. The van der Waals surface area contributed by atoms with Crippen LogP contribution in [-0.2, 0) is 6.54 Å². The molecule has 0 unspecified atom stereocenters. The first-order valence-electron chi connectivity index (χ1n) is 5.48. The van der Waals surface area contributed by atoms with Crippen LogP contribution in [-0.4, -0.2) is 0 Å². The highest BCUT2D eigenvalue weighted by Gasteiger charge is 2.08. The van der Waals surface area contributed by atoms with E-state index in [1.807, 2.05) is 6.07 Å². The maximum absolute atomic E-state index is 13.6. The van der Waals surface area contributed by atoms with Gasteiger partial charge in [0.15, 0.2) is 0 Å². The largest absolute Gasteiger partial charge is 0.380 e. The van der Waals surface area contributed by atoms with Gasteiger partial charge in [-0.3, -0.25) is 0 Å². The van der Waals surface area contributed by atoms with Crippen LogP contribution in [0.4, 0.5) is 14.5 Å². The second kappa shape index (κ2) is 5.68. The molecule has 2 nitrogen and oxygen atoms in total. The van der Waals surface area contributed by atoms with Crippen molar-refractivity contribution in [2.24, 2.45) is 0 Å². The molecule has 2 rings (SSSR count). The Morgan fingerprint density at radius 3 is 2.68 bits per heavy atom. The standard InChI is InChI=1S/C14H9ClF2N2/c15-12-2-1-3-13(17)11(12)8-19-14-5-4-10(16)6-9(14)7-18/h1-6,19H,8H2. The van der Waals surface area contributed by atoms with Gasteiger partial charge in [0.1, 0.15) is 17.7 Å². The van der Waals surface area contributed by atoms with E-state index in [1.165, 1.54) is 24.3 Å². The van der Waals surface area contributed by atoms with E-state index in [0.717, 1.165) is 6.07 Å². The Labute approximate surface area is 114 Å². The van der Waals surface area contributed by atoms with Crippen molar-refractivity contribution in [2.45, 2.75) is 6.54 Å². The summed E-state index contributed by atoms with van der Waals surface area (Å²) in [6.45, 7) is 0.117. The number of rotatable bonds is 3. The van der Waals surface area contributed by atoms with Gasteiger partial charge in [0.25, 0.3) is 0 Å². The van der Waals surface area contributed by atoms with Crippen molar-refractivity contribution in [1.82, 2.24) is 0 Å². The highest BCUT2D eigenvalue weighted by Crippen LogP contribution is 2.22. The van der Waals surface area contributed by atoms with Crippen molar-refractivity contribution in [1.29, 1.82) is 5.26 Å². The van der Waals surface area contributed by atoms with E-state index in [9.17, 15) is 8.78 Å². The van der Waals surface area contributed by atoms with Crippen molar-refractivity contribution < 1.29 is 8.78 Å². The van der Waals surface area contributed by atoms with Crippen LogP contribution in [0.3, 0.4) is 0 Å². The van der Waals surface area contributed by atoms with E-state index in [0.29, 0.717) is 16.3 Å². The van der Waals surface area contributed by atoms with Crippen LogP contribution in [0.2, 0.25) is 5.02 Å². The summed E-state index contributed by atoms with van der Waals surface area (Å²) in [7, 11) is 0. The summed E-state index contributed by atoms with van der Waals surface area (Å²) in [5.74, 6) is -0.924. The highest BCUT2D eigenvalue weighted by molar-refractivity contribution is 6.31. The van der Waals surface area contributed by atoms with Crippen LogP contribution in [0.5, 0.6) is 0 Å². The molecule has 96 valence electrons. The van der Waals surface area contributed by atoms with Crippen LogP contribution in [0.15, 0.2) is 36.4 Å². The molecule has 19 heavy (non-hydrogen) atoms. The number of nitrogens with zero attached hydrogens (tertiary/aromatic N) is 1. The lowest BCUT2D eigenvalue weighted by Crippen LogP contribution is -2.04. The summed E-state index contributed by atoms with van der Waals surface area (Å²) in [6, 6.07) is 10.0. The summed E-state index contributed by atoms with van der Waals surface area (Å²) in [4.78, 5) is 0. The molecule has 0 heterocycles. The monoisotopic (exact) mass is 278 g/mol. The van der Waals surface area contributed by atoms with Crippen molar-refractivity contribution in [3.63, 3.8) is 0 Å². The molecule has 0 aliphatic heterocycles. The molecule has 0 aliphatic carbocycles. The molecule has 0 saturated heterocycles. The van der Waals surface area contributed by atoms with Crippen LogP contribution in [0.25, 0.3) is 0 Å². The van der Waals surface area contributed by atoms with Crippen molar-refractivity contribution >= 4 is 17.3 Å². The van der Waals surface area contributed by atoms with Crippen molar-refractivity contribution in [3.05, 3.63) is 64.2 Å². The van der Waals surface area contributed by atoms with Gasteiger partial charge in [-0.25, -0.2) is 8.78 Å². The fraction of sp³-hybridized carbons (Fsp3) is 0.0714. The second-order valence-electron chi connectivity index (χ2n) is 3.86. The molecule has 0 amide bonds. The van der Waals surface area contributed by atoms with Gasteiger partial charge in [-0.1, -0.05) is 17.7 Å². The van der Waals surface area contributed by atoms with Gasteiger partial charge in [0, 0.05) is 17.1 Å². The van der Waals surface area contributed by atoms with Gasteiger partial charge >= 0.3 is 0 Å². The molecule has 2 aromatic rings. The first-order chi connectivity index (χ1) is 9.11. The van der Waals surface area contributed by atoms with E-state index < -0.39 is 11.6 Å². The van der Waals surface area contributed by atoms with Crippen LogP contribution >= 0.6 is 11.6 Å². The normalized spacial score (nSPS) is 10.0. The number of benzene rings is 2. The molecule has 0 aliphatic rings. The number of hydrogen-bond acceptors (Lipinski definition) is 2. The molecule has 0 radical (unpaired) electrons. The van der Waals surface area contributed by atoms with Gasteiger partial charge in [-0.2, -0.15) is 5.26 Å². The van der Waals surface area contributed by atoms with E-state index in [-0.39, 0.29) is 12.1 Å². The van der Waals surface area contributed by atoms with Crippen molar-refractivity contribution in [2.75, 3.05) is 5.32 Å². The molecule has 0 spiro atoms. The number of hydrogen-bond donors (Lipinski definition) is 1. The third-order valence-electron chi connectivity index (χ3n) is 2.62. The minimum Gasteiger partial charge on any atom is -0.380 e. The SMILES string of the molecule is N#Cc1cc(F)ccc1NCc1c(F)cccc1Cl. The molecule has 2 aromatic carbocycles. The van der Waals surface area contributed by atoms with Gasteiger partial charge in [-0.15, -0.1) is 0 Å². The topological polar surface area (TPSA) is 35.8 Å². The zero-order valence-electron chi connectivity index (χ0n) is 9.75. The third kappa shape index (κ3) is 3.01. The van der Waals surface area contributed by atoms with Crippen LogP contribution < -0.4 is 5.32 Å². The molecular weight excluding hydrogens is 270 g/mol. The molecule has 1 N–H and O–H groups in total. The molecule has 0 atom stereocenters. The molecule has 0 saturated carbocycles. The van der Waals surface area contributed by atoms with Gasteiger partial charge in [-0.05, 0) is 30.3 Å². The molecular formula is C14H9ClF2N2. The van der Waals surface area contributed by atoms with Gasteiger partial charge in [0.2, 0.25) is 0 Å². The Morgan fingerprint density at radius 2 is 2.00 bits per heavy atom. The fourth-order valence-corrected chi connectivity index (χ4v) is 1.88. The average Bonchev–Trinajstić information content (AvgIpc) is 2.39. The summed E-state index contributed by atoms with van der Waals surface area (Å²) in [5, 5.41) is 12.1. The Balaban J connectivity index is 2.22. The molecule has 0 bridgehead atoms. The summed E-state index contributed by atoms with van der Waals surface area (Å²) in [5.41, 5.74) is 0.896. The Hall–Kier alpha value is -2.12. The van der Waals surface area contributed by atoms with Crippen molar-refractivity contribution in [3.8, 4) is 6.07 Å². The predicted molar refractivity (Wildman–Crippen MR) is 69.9 cm³/mol. The van der Waals surface area contributed by atoms with E-state index in [2.05, 4.69) is 5.32 Å². The highest BCUT2D eigenvalue weighted by atomic mass is 35.5. The summed E-state index contributed by atoms with van der Waals surface area (Å²) >= 11 is 5.89. The number of halogens is 3. The summed E-state index contributed by atoms with van der Waals surface area (Å²) < 4.78 is 26.5. The number of nitriles is 1. The Bertz CT molecular complexity index is 630. The minimum atomic E-state index is -0.494. The lowest BCUT2D eigenvalue weighted by molar-refractivity contribution is 0.613.